The van der Waals surface area contributed by atoms with Crippen LogP contribution in [0.5, 0.6) is 11.5 Å². The van der Waals surface area contributed by atoms with Gasteiger partial charge in [0.1, 0.15) is 11.8 Å². The summed E-state index contributed by atoms with van der Waals surface area (Å²) in [5.41, 5.74) is -0.773. The average Bonchev–Trinajstić information content (AvgIpc) is 3.32. The molecule has 2 aliphatic heterocycles. The standard InChI is InChI=1S/C30H34N2O14/c1-13(26(38)31-16(27(39)40)11-21(35)36)43-28(41)19(44-14(2)33)12-22(37)45-18-6-7-30(42)20-10-15-4-5-17(34)24-23(15)29(30,25(18)46-24)8-9-32(20)3/h4-6,13,16,19-20,25,34,42H,7-12H2,1-3H3,(H,31,38)(H,35,36)(H,39,40)/t13-,16-,19-,20-,25-,29-,30+/m0/s1. The third-order valence-corrected chi connectivity index (χ3v) is 9.16. The predicted molar refractivity (Wildman–Crippen MR) is 150 cm³/mol. The van der Waals surface area contributed by atoms with Crippen molar-refractivity contribution in [2.45, 2.75) is 87.4 Å². The largest absolute Gasteiger partial charge is 0.504 e. The molecular weight excluding hydrogens is 612 g/mol. The zero-order valence-corrected chi connectivity index (χ0v) is 25.2. The quantitative estimate of drug-likeness (QED) is 0.151. The number of carbonyl (C=O) groups is 6. The van der Waals surface area contributed by atoms with E-state index in [0.29, 0.717) is 24.9 Å². The number of likely N-dealkylation sites (tertiary alicyclic amines) is 1. The number of aliphatic carboxylic acids is 2. The van der Waals surface area contributed by atoms with Gasteiger partial charge in [0.25, 0.3) is 5.91 Å². The highest BCUT2D eigenvalue weighted by atomic mass is 16.6. The first kappa shape index (κ1) is 32.7. The fourth-order valence-electron chi connectivity index (χ4n) is 7.10. The minimum absolute atomic E-state index is 0.0438. The number of rotatable bonds is 11. The van der Waals surface area contributed by atoms with Crippen LogP contribution in [-0.2, 0) is 54.8 Å². The molecular formula is C30H34N2O14. The van der Waals surface area contributed by atoms with Crippen LogP contribution in [0.4, 0.5) is 0 Å². The van der Waals surface area contributed by atoms with Crippen LogP contribution in [0.1, 0.15) is 50.7 Å². The third-order valence-electron chi connectivity index (χ3n) is 9.16. The number of ether oxygens (including phenoxy) is 4. The van der Waals surface area contributed by atoms with Gasteiger partial charge in [-0.05, 0) is 51.1 Å². The SMILES string of the molecule is CC(=O)O[C@@H](CC(=O)OC1=CC[C@@]2(O)[C@@H]3Cc4ccc(O)c5c4[C@@]2(CCN3C)[C@H]1O5)C(=O)O[C@@H](C)C(=O)N[C@@H](CC(=O)O)C(=O)O. The maximum atomic E-state index is 13.2. The maximum absolute atomic E-state index is 13.2. The Morgan fingerprint density at radius 1 is 1.13 bits per heavy atom. The molecule has 2 aliphatic carbocycles. The van der Waals surface area contributed by atoms with Crippen LogP contribution in [0.2, 0.25) is 0 Å². The van der Waals surface area contributed by atoms with E-state index >= 15 is 0 Å². The summed E-state index contributed by atoms with van der Waals surface area (Å²) in [7, 11) is 1.92. The lowest BCUT2D eigenvalue weighted by molar-refractivity contribution is -0.177. The molecule has 0 aromatic heterocycles. The van der Waals surface area contributed by atoms with Crippen molar-refractivity contribution in [3.05, 3.63) is 35.1 Å². The smallest absolute Gasteiger partial charge is 0.348 e. The molecule has 4 aliphatic rings. The number of esters is 3. The van der Waals surface area contributed by atoms with Crippen molar-refractivity contribution in [2.24, 2.45) is 0 Å². The van der Waals surface area contributed by atoms with Crippen molar-refractivity contribution >= 4 is 35.8 Å². The number of phenolic OH excluding ortho intramolecular Hbond substituents is 1. The fraction of sp³-hybridized carbons (Fsp3) is 0.533. The summed E-state index contributed by atoms with van der Waals surface area (Å²) >= 11 is 0. The molecule has 2 heterocycles. The molecule has 248 valence electrons. The van der Waals surface area contributed by atoms with Crippen molar-refractivity contribution < 1.29 is 68.1 Å². The number of amides is 1. The molecule has 1 spiro atoms. The number of aliphatic hydroxyl groups is 1. The number of phenols is 1. The molecule has 5 N–H and O–H groups in total. The summed E-state index contributed by atoms with van der Waals surface area (Å²) < 4.78 is 21.9. The molecule has 16 heteroatoms. The second kappa shape index (κ2) is 11.9. The summed E-state index contributed by atoms with van der Waals surface area (Å²) in [6, 6.07) is 1.22. The van der Waals surface area contributed by atoms with Crippen LogP contribution < -0.4 is 10.1 Å². The van der Waals surface area contributed by atoms with E-state index in [9.17, 15) is 39.0 Å². The van der Waals surface area contributed by atoms with Gasteiger partial charge >= 0.3 is 29.8 Å². The number of nitrogens with zero attached hydrogens (tertiary/aromatic N) is 1. The summed E-state index contributed by atoms with van der Waals surface area (Å²) in [6.45, 7) is 2.64. The highest BCUT2D eigenvalue weighted by molar-refractivity contribution is 5.91. The number of likely N-dealkylation sites (N-methyl/N-ethyl adjacent to an activating group) is 1. The molecule has 1 fully saturated rings. The molecule has 2 bridgehead atoms. The summed E-state index contributed by atoms with van der Waals surface area (Å²) in [6.07, 6.45) is -3.73. The van der Waals surface area contributed by atoms with Crippen LogP contribution in [0.15, 0.2) is 24.0 Å². The molecule has 7 atom stereocenters. The van der Waals surface area contributed by atoms with Crippen molar-refractivity contribution in [1.29, 1.82) is 0 Å². The Morgan fingerprint density at radius 2 is 1.85 bits per heavy atom. The number of piperidine rings is 1. The third kappa shape index (κ3) is 5.40. The highest BCUT2D eigenvalue weighted by Gasteiger charge is 2.72. The van der Waals surface area contributed by atoms with Gasteiger partial charge in [-0.15, -0.1) is 0 Å². The van der Waals surface area contributed by atoms with Gasteiger partial charge in [-0.2, -0.15) is 0 Å². The number of carboxylic acids is 2. The van der Waals surface area contributed by atoms with Crippen molar-refractivity contribution in [1.82, 2.24) is 10.2 Å². The van der Waals surface area contributed by atoms with E-state index in [1.807, 2.05) is 12.4 Å². The first-order chi connectivity index (χ1) is 21.6. The van der Waals surface area contributed by atoms with E-state index in [-0.39, 0.29) is 29.7 Å². The fourth-order valence-corrected chi connectivity index (χ4v) is 7.10. The molecule has 1 aromatic rings. The summed E-state index contributed by atoms with van der Waals surface area (Å²) in [4.78, 5) is 74.5. The summed E-state index contributed by atoms with van der Waals surface area (Å²) in [5, 5.41) is 42.8. The first-order valence-electron chi connectivity index (χ1n) is 14.6. The lowest BCUT2D eigenvalue weighted by Gasteiger charge is -2.61. The van der Waals surface area contributed by atoms with E-state index in [4.69, 9.17) is 29.2 Å². The van der Waals surface area contributed by atoms with Gasteiger partial charge in [0.2, 0.25) is 6.10 Å². The zero-order chi connectivity index (χ0) is 33.7. The Morgan fingerprint density at radius 3 is 2.50 bits per heavy atom. The van der Waals surface area contributed by atoms with E-state index in [0.717, 1.165) is 19.4 Å². The maximum Gasteiger partial charge on any atom is 0.348 e. The van der Waals surface area contributed by atoms with E-state index in [2.05, 4.69) is 4.90 Å². The Kier molecular flexibility index (Phi) is 8.46. The normalized spacial score (nSPS) is 27.4. The van der Waals surface area contributed by atoms with Crippen molar-refractivity contribution in [2.75, 3.05) is 13.6 Å². The number of carbonyl (C=O) groups excluding carboxylic acids is 4. The van der Waals surface area contributed by atoms with Gasteiger partial charge in [-0.3, -0.25) is 19.2 Å². The van der Waals surface area contributed by atoms with Crippen molar-refractivity contribution in [3.63, 3.8) is 0 Å². The van der Waals surface area contributed by atoms with E-state index in [1.165, 1.54) is 12.1 Å². The zero-order valence-electron chi connectivity index (χ0n) is 25.2. The predicted octanol–water partition coefficient (Wildman–Crippen LogP) is -0.489. The van der Waals surface area contributed by atoms with Crippen LogP contribution in [0.25, 0.3) is 0 Å². The van der Waals surface area contributed by atoms with Crippen LogP contribution >= 0.6 is 0 Å². The minimum atomic E-state index is -1.87. The van der Waals surface area contributed by atoms with Gasteiger partial charge in [0.05, 0.1) is 23.9 Å². The molecule has 5 rings (SSSR count). The molecule has 0 unspecified atom stereocenters. The number of nitrogens with one attached hydrogen (secondary N) is 1. The van der Waals surface area contributed by atoms with Gasteiger partial charge in [-0.25, -0.2) is 9.59 Å². The van der Waals surface area contributed by atoms with Gasteiger partial charge in [-0.1, -0.05) is 6.07 Å². The molecule has 16 nitrogen and oxygen atoms in total. The first-order valence-corrected chi connectivity index (χ1v) is 14.6. The Balaban J connectivity index is 1.32. The number of benzene rings is 1. The van der Waals surface area contributed by atoms with Crippen LogP contribution in [0, 0.1) is 0 Å². The highest BCUT2D eigenvalue weighted by Crippen LogP contribution is 2.65. The Labute approximate surface area is 261 Å². The molecule has 1 amide bonds. The molecule has 46 heavy (non-hydrogen) atoms. The summed E-state index contributed by atoms with van der Waals surface area (Å²) in [5.74, 6) is -7.47. The molecule has 0 radical (unpaired) electrons. The minimum Gasteiger partial charge on any atom is -0.504 e. The molecule has 0 saturated carbocycles. The molecule has 1 aromatic carbocycles. The monoisotopic (exact) mass is 646 g/mol. The van der Waals surface area contributed by atoms with E-state index in [1.54, 1.807) is 6.07 Å². The topological polar surface area (TPSA) is 236 Å². The van der Waals surface area contributed by atoms with Crippen LogP contribution in [0.3, 0.4) is 0 Å². The van der Waals surface area contributed by atoms with Crippen LogP contribution in [-0.4, -0.2) is 111 Å². The Hall–Kier alpha value is -4.70. The number of aromatic hydroxyl groups is 1. The molecule has 1 saturated heterocycles. The number of hydrogen-bond acceptors (Lipinski definition) is 13. The lowest BCUT2D eigenvalue weighted by atomic mass is 9.50. The van der Waals surface area contributed by atoms with Gasteiger partial charge in [0, 0.05) is 24.9 Å². The lowest BCUT2D eigenvalue weighted by Crippen LogP contribution is -2.74. The van der Waals surface area contributed by atoms with Gasteiger partial charge < -0.3 is 49.6 Å². The van der Waals surface area contributed by atoms with Crippen molar-refractivity contribution in [3.8, 4) is 11.5 Å². The Bertz CT molecular complexity index is 1540. The van der Waals surface area contributed by atoms with Gasteiger partial charge in [0.15, 0.2) is 23.7 Å². The second-order valence-electron chi connectivity index (χ2n) is 12.0. The average molecular weight is 647 g/mol. The second-order valence-corrected chi connectivity index (χ2v) is 12.0. The number of hydrogen-bond donors (Lipinski definition) is 5. The van der Waals surface area contributed by atoms with E-state index < -0.39 is 84.0 Å². The number of carboxylic acid groups (broad SMARTS) is 2.